The van der Waals surface area contributed by atoms with Gasteiger partial charge in [-0.25, -0.2) is 0 Å². The van der Waals surface area contributed by atoms with Gasteiger partial charge in [0.1, 0.15) is 5.75 Å². The first kappa shape index (κ1) is 10.7. The van der Waals surface area contributed by atoms with Crippen LogP contribution in [0.3, 0.4) is 0 Å². The molecule has 2 rings (SSSR count). The standard InChI is InChI=1S/C12H13NO3/c1-16-11-5-3-2-4-9(11)8-13-7-6-10(14)12(13)15/h2-5H,6-8H2,1H3. The minimum absolute atomic E-state index is 0.296. The Balaban J connectivity index is 2.15. The minimum Gasteiger partial charge on any atom is -0.496 e. The summed E-state index contributed by atoms with van der Waals surface area (Å²) in [7, 11) is 1.59. The number of carbonyl (C=O) groups is 2. The van der Waals surface area contributed by atoms with Crippen LogP contribution in [-0.4, -0.2) is 30.2 Å². The monoisotopic (exact) mass is 219 g/mol. The number of amides is 1. The summed E-state index contributed by atoms with van der Waals surface area (Å²) in [5, 5.41) is 0. The molecule has 1 aliphatic rings. The first-order chi connectivity index (χ1) is 7.72. The summed E-state index contributed by atoms with van der Waals surface area (Å²) in [5.41, 5.74) is 0.924. The number of hydrogen-bond acceptors (Lipinski definition) is 3. The fraction of sp³-hybridized carbons (Fsp3) is 0.333. The second-order valence-corrected chi connectivity index (χ2v) is 3.71. The smallest absolute Gasteiger partial charge is 0.290 e. The molecule has 0 atom stereocenters. The maximum absolute atomic E-state index is 11.4. The molecular weight excluding hydrogens is 206 g/mol. The van der Waals surface area contributed by atoms with Crippen molar-refractivity contribution in [1.29, 1.82) is 0 Å². The van der Waals surface area contributed by atoms with Crippen LogP contribution in [0, 0.1) is 0 Å². The molecule has 4 heteroatoms. The molecule has 1 fully saturated rings. The number of carbonyl (C=O) groups excluding carboxylic acids is 2. The molecule has 1 aliphatic heterocycles. The zero-order valence-electron chi connectivity index (χ0n) is 9.10. The maximum atomic E-state index is 11.4. The van der Waals surface area contributed by atoms with E-state index in [1.807, 2.05) is 24.3 Å². The number of ether oxygens (including phenoxy) is 1. The third-order valence-corrected chi connectivity index (χ3v) is 2.69. The highest BCUT2D eigenvalue weighted by Crippen LogP contribution is 2.21. The van der Waals surface area contributed by atoms with Gasteiger partial charge < -0.3 is 9.64 Å². The summed E-state index contributed by atoms with van der Waals surface area (Å²) < 4.78 is 5.19. The first-order valence-corrected chi connectivity index (χ1v) is 5.16. The van der Waals surface area contributed by atoms with Crippen molar-refractivity contribution in [3.8, 4) is 5.75 Å². The van der Waals surface area contributed by atoms with Crippen LogP contribution in [-0.2, 0) is 16.1 Å². The van der Waals surface area contributed by atoms with Gasteiger partial charge >= 0.3 is 0 Å². The van der Waals surface area contributed by atoms with Gasteiger partial charge in [-0.2, -0.15) is 0 Å². The number of nitrogens with zero attached hydrogens (tertiary/aromatic N) is 1. The largest absolute Gasteiger partial charge is 0.496 e. The van der Waals surface area contributed by atoms with E-state index in [1.165, 1.54) is 0 Å². The molecule has 1 amide bonds. The molecule has 0 saturated carbocycles. The Kier molecular flexibility index (Phi) is 2.90. The molecular formula is C12H13NO3. The van der Waals surface area contributed by atoms with Crippen molar-refractivity contribution in [2.75, 3.05) is 13.7 Å². The van der Waals surface area contributed by atoms with Gasteiger partial charge in [-0.05, 0) is 6.07 Å². The van der Waals surface area contributed by atoms with Crippen LogP contribution in [0.4, 0.5) is 0 Å². The molecule has 1 heterocycles. The Labute approximate surface area is 93.8 Å². The zero-order chi connectivity index (χ0) is 11.5. The first-order valence-electron chi connectivity index (χ1n) is 5.16. The quantitative estimate of drug-likeness (QED) is 0.712. The van der Waals surface area contributed by atoms with Crippen LogP contribution >= 0.6 is 0 Å². The van der Waals surface area contributed by atoms with Crippen molar-refractivity contribution in [2.45, 2.75) is 13.0 Å². The minimum atomic E-state index is -0.383. The van der Waals surface area contributed by atoms with E-state index in [2.05, 4.69) is 0 Å². The van der Waals surface area contributed by atoms with Gasteiger partial charge in [0.2, 0.25) is 5.78 Å². The van der Waals surface area contributed by atoms with Gasteiger partial charge in [0, 0.05) is 25.1 Å². The van der Waals surface area contributed by atoms with Crippen molar-refractivity contribution in [3.63, 3.8) is 0 Å². The van der Waals surface area contributed by atoms with Gasteiger partial charge in [0.25, 0.3) is 5.91 Å². The van der Waals surface area contributed by atoms with E-state index in [-0.39, 0.29) is 11.7 Å². The van der Waals surface area contributed by atoms with E-state index < -0.39 is 0 Å². The number of methoxy groups -OCH3 is 1. The summed E-state index contributed by atoms with van der Waals surface area (Å²) in [6.07, 6.45) is 0.327. The van der Waals surface area contributed by atoms with Crippen molar-refractivity contribution < 1.29 is 14.3 Å². The number of para-hydroxylation sites is 1. The number of hydrogen-bond donors (Lipinski definition) is 0. The molecule has 84 valence electrons. The molecule has 0 aliphatic carbocycles. The Bertz CT molecular complexity index is 428. The highest BCUT2D eigenvalue weighted by Gasteiger charge is 2.29. The van der Waals surface area contributed by atoms with Gasteiger partial charge in [-0.15, -0.1) is 0 Å². The summed E-state index contributed by atoms with van der Waals surface area (Å²) in [5.74, 6) is 0.0652. The SMILES string of the molecule is COc1ccccc1CN1CCC(=O)C1=O. The number of likely N-dealkylation sites (tertiary alicyclic amines) is 1. The molecule has 4 nitrogen and oxygen atoms in total. The second kappa shape index (κ2) is 4.35. The van der Waals surface area contributed by atoms with Crippen molar-refractivity contribution in [1.82, 2.24) is 4.90 Å². The lowest BCUT2D eigenvalue weighted by Gasteiger charge is -2.16. The van der Waals surface area contributed by atoms with Crippen LogP contribution in [0.1, 0.15) is 12.0 Å². The van der Waals surface area contributed by atoms with Gasteiger partial charge in [0.05, 0.1) is 7.11 Å². The molecule has 0 spiro atoms. The van der Waals surface area contributed by atoms with Crippen LogP contribution in [0.5, 0.6) is 5.75 Å². The third kappa shape index (κ3) is 1.91. The molecule has 16 heavy (non-hydrogen) atoms. The molecule has 1 saturated heterocycles. The van der Waals surface area contributed by atoms with E-state index in [1.54, 1.807) is 12.0 Å². The maximum Gasteiger partial charge on any atom is 0.290 e. The van der Waals surface area contributed by atoms with E-state index in [9.17, 15) is 9.59 Å². The normalized spacial score (nSPS) is 15.7. The van der Waals surface area contributed by atoms with Crippen molar-refractivity contribution in [2.24, 2.45) is 0 Å². The number of Topliss-reactive ketones (excluding diaryl/α,β-unsaturated/α-hetero) is 1. The third-order valence-electron chi connectivity index (χ3n) is 2.69. The van der Waals surface area contributed by atoms with E-state index in [0.717, 1.165) is 11.3 Å². The van der Waals surface area contributed by atoms with Gasteiger partial charge in [-0.1, -0.05) is 18.2 Å². The van der Waals surface area contributed by atoms with Crippen molar-refractivity contribution >= 4 is 11.7 Å². The number of rotatable bonds is 3. The Hall–Kier alpha value is -1.84. The van der Waals surface area contributed by atoms with Crippen LogP contribution in [0.25, 0.3) is 0 Å². The lowest BCUT2D eigenvalue weighted by molar-refractivity contribution is -0.140. The lowest BCUT2D eigenvalue weighted by atomic mass is 10.2. The summed E-state index contributed by atoms with van der Waals surface area (Å²) in [6, 6.07) is 7.51. The summed E-state index contributed by atoms with van der Waals surface area (Å²) >= 11 is 0. The summed E-state index contributed by atoms with van der Waals surface area (Å²) in [6.45, 7) is 0.949. The van der Waals surface area contributed by atoms with Crippen molar-refractivity contribution in [3.05, 3.63) is 29.8 Å². The Morgan fingerprint density at radius 3 is 2.69 bits per heavy atom. The van der Waals surface area contributed by atoms with Gasteiger partial charge in [0.15, 0.2) is 0 Å². The average molecular weight is 219 g/mol. The number of ketones is 1. The highest BCUT2D eigenvalue weighted by atomic mass is 16.5. The van der Waals surface area contributed by atoms with Crippen LogP contribution in [0.2, 0.25) is 0 Å². The molecule has 0 aromatic heterocycles. The molecule has 0 bridgehead atoms. The molecule has 1 aromatic rings. The molecule has 0 radical (unpaired) electrons. The Morgan fingerprint density at radius 2 is 2.06 bits per heavy atom. The molecule has 1 aromatic carbocycles. The lowest BCUT2D eigenvalue weighted by Crippen LogP contribution is -2.27. The van der Waals surface area contributed by atoms with Gasteiger partial charge in [-0.3, -0.25) is 9.59 Å². The Morgan fingerprint density at radius 1 is 1.31 bits per heavy atom. The summed E-state index contributed by atoms with van der Waals surface area (Å²) in [4.78, 5) is 24.1. The molecule has 0 N–H and O–H groups in total. The predicted molar refractivity (Wildman–Crippen MR) is 58.0 cm³/mol. The zero-order valence-corrected chi connectivity index (χ0v) is 9.10. The predicted octanol–water partition coefficient (Wildman–Crippen LogP) is 0.997. The van der Waals surface area contributed by atoms with Crippen LogP contribution in [0.15, 0.2) is 24.3 Å². The van der Waals surface area contributed by atoms with E-state index in [4.69, 9.17) is 4.74 Å². The van der Waals surface area contributed by atoms with E-state index >= 15 is 0 Å². The highest BCUT2D eigenvalue weighted by molar-refractivity contribution is 6.37. The average Bonchev–Trinajstić information content (AvgIpc) is 2.62. The fourth-order valence-corrected chi connectivity index (χ4v) is 1.81. The van der Waals surface area contributed by atoms with Crippen LogP contribution < -0.4 is 4.74 Å². The number of benzene rings is 1. The second-order valence-electron chi connectivity index (χ2n) is 3.71. The molecule has 0 unspecified atom stereocenters. The fourth-order valence-electron chi connectivity index (χ4n) is 1.81. The topological polar surface area (TPSA) is 46.6 Å². The van der Waals surface area contributed by atoms with E-state index in [0.29, 0.717) is 19.5 Å².